The average molecular weight is 487 g/mol. The minimum atomic E-state index is -0.182. The molecule has 1 atom stereocenters. The van der Waals surface area contributed by atoms with Crippen molar-refractivity contribution in [1.82, 2.24) is 9.80 Å². The van der Waals surface area contributed by atoms with Crippen molar-refractivity contribution in [3.8, 4) is 0 Å². The lowest BCUT2D eigenvalue weighted by Crippen LogP contribution is -2.47. The molecule has 0 bridgehead atoms. The second kappa shape index (κ2) is 10.1. The highest BCUT2D eigenvalue weighted by molar-refractivity contribution is 7.10. The molecule has 0 saturated carbocycles. The summed E-state index contributed by atoms with van der Waals surface area (Å²) in [4.78, 5) is 31.5. The third-order valence-electron chi connectivity index (χ3n) is 5.65. The molecule has 0 saturated heterocycles. The van der Waals surface area contributed by atoms with Gasteiger partial charge in [-0.2, -0.15) is 0 Å². The average Bonchev–Trinajstić information content (AvgIpc) is 3.27. The number of nitrogens with zero attached hydrogens (tertiary/aromatic N) is 2. The van der Waals surface area contributed by atoms with Gasteiger partial charge in [-0.25, -0.2) is 0 Å². The molecule has 2 aromatic carbocycles. The molecule has 1 unspecified atom stereocenters. The van der Waals surface area contributed by atoms with E-state index < -0.39 is 0 Å². The van der Waals surface area contributed by atoms with E-state index in [2.05, 4.69) is 11.4 Å². The summed E-state index contributed by atoms with van der Waals surface area (Å²) in [6.45, 7) is 3.14. The second-order valence-electron chi connectivity index (χ2n) is 7.83. The molecule has 4 rings (SSSR count). The molecule has 1 aliphatic rings. The van der Waals surface area contributed by atoms with Crippen LogP contribution in [-0.4, -0.2) is 41.2 Å². The van der Waals surface area contributed by atoms with Gasteiger partial charge in [-0.3, -0.25) is 9.59 Å². The van der Waals surface area contributed by atoms with Crippen molar-refractivity contribution in [3.05, 3.63) is 91.6 Å². The Hall–Kier alpha value is -2.34. The first kappa shape index (κ1) is 22.8. The van der Waals surface area contributed by atoms with Crippen LogP contribution < -0.4 is 0 Å². The minimum absolute atomic E-state index is 0.0305. The van der Waals surface area contributed by atoms with Crippen LogP contribution in [0.15, 0.2) is 60.0 Å². The number of amides is 2. The number of fused-ring (bicyclic) bond motifs is 1. The largest absolute Gasteiger partial charge is 0.330 e. The summed E-state index contributed by atoms with van der Waals surface area (Å²) in [6, 6.07) is 16.4. The third-order valence-corrected chi connectivity index (χ3v) is 7.13. The Balaban J connectivity index is 1.61. The topological polar surface area (TPSA) is 40.6 Å². The SMILES string of the molecule is CCCN(CC(=O)N1CCc2sccc2C1c1ccc(Cl)cc1)C(=O)c1cccc(Cl)c1. The van der Waals surface area contributed by atoms with Gasteiger partial charge in [-0.1, -0.05) is 48.3 Å². The molecule has 32 heavy (non-hydrogen) atoms. The van der Waals surface area contributed by atoms with E-state index in [0.29, 0.717) is 28.7 Å². The van der Waals surface area contributed by atoms with Crippen LogP contribution in [0.25, 0.3) is 0 Å². The zero-order chi connectivity index (χ0) is 22.7. The van der Waals surface area contributed by atoms with Crippen molar-refractivity contribution < 1.29 is 9.59 Å². The van der Waals surface area contributed by atoms with Gasteiger partial charge in [0, 0.05) is 33.6 Å². The van der Waals surface area contributed by atoms with E-state index >= 15 is 0 Å². The first-order valence-corrected chi connectivity index (χ1v) is 12.3. The van der Waals surface area contributed by atoms with E-state index in [-0.39, 0.29) is 24.4 Å². The van der Waals surface area contributed by atoms with Gasteiger partial charge in [0.1, 0.15) is 6.54 Å². The fourth-order valence-corrected chi connectivity index (χ4v) is 5.39. The van der Waals surface area contributed by atoms with Gasteiger partial charge in [0.25, 0.3) is 5.91 Å². The van der Waals surface area contributed by atoms with Crippen LogP contribution in [0.2, 0.25) is 10.0 Å². The number of rotatable bonds is 6. The molecule has 1 aliphatic heterocycles. The van der Waals surface area contributed by atoms with Crippen LogP contribution in [-0.2, 0) is 11.2 Å². The monoisotopic (exact) mass is 486 g/mol. The standard InChI is InChI=1S/C25H24Cl2N2O2S/c1-2-12-28(25(31)18-4-3-5-20(27)15-18)16-23(30)29-13-10-22-21(11-14-32-22)24(29)17-6-8-19(26)9-7-17/h3-9,11,14-15,24H,2,10,12-13,16H2,1H3. The Bertz CT molecular complexity index is 1110. The summed E-state index contributed by atoms with van der Waals surface area (Å²) in [5.41, 5.74) is 2.66. The molecule has 2 amide bonds. The maximum Gasteiger partial charge on any atom is 0.254 e. The zero-order valence-corrected chi connectivity index (χ0v) is 20.1. The fourth-order valence-electron chi connectivity index (χ4n) is 4.17. The van der Waals surface area contributed by atoms with Crippen molar-refractivity contribution in [2.75, 3.05) is 19.6 Å². The highest BCUT2D eigenvalue weighted by Gasteiger charge is 2.34. The fraction of sp³-hybridized carbons (Fsp3) is 0.280. The molecule has 0 aliphatic carbocycles. The Kier molecular flexibility index (Phi) is 7.19. The van der Waals surface area contributed by atoms with E-state index in [1.54, 1.807) is 40.5 Å². The molecule has 1 aromatic heterocycles. The van der Waals surface area contributed by atoms with Crippen molar-refractivity contribution in [2.45, 2.75) is 25.8 Å². The molecule has 2 heterocycles. The lowest BCUT2D eigenvalue weighted by atomic mass is 9.93. The minimum Gasteiger partial charge on any atom is -0.330 e. The highest BCUT2D eigenvalue weighted by atomic mass is 35.5. The number of hydrogen-bond acceptors (Lipinski definition) is 3. The Morgan fingerprint density at radius 2 is 1.88 bits per heavy atom. The first-order chi connectivity index (χ1) is 15.5. The molecule has 0 spiro atoms. The molecule has 166 valence electrons. The number of carbonyl (C=O) groups is 2. The van der Waals surface area contributed by atoms with Gasteiger partial charge in [0.15, 0.2) is 0 Å². The smallest absolute Gasteiger partial charge is 0.254 e. The number of thiophene rings is 1. The molecule has 7 heteroatoms. The number of hydrogen-bond donors (Lipinski definition) is 0. The predicted octanol–water partition coefficient (Wildman–Crippen LogP) is 6.08. The molecular formula is C25H24Cl2N2O2S. The van der Waals surface area contributed by atoms with Crippen LogP contribution >= 0.6 is 34.5 Å². The predicted molar refractivity (Wildman–Crippen MR) is 131 cm³/mol. The van der Waals surface area contributed by atoms with Gasteiger partial charge < -0.3 is 9.80 Å². The maximum absolute atomic E-state index is 13.6. The summed E-state index contributed by atoms with van der Waals surface area (Å²) in [5.74, 6) is -0.246. The second-order valence-corrected chi connectivity index (χ2v) is 9.70. The van der Waals surface area contributed by atoms with Crippen molar-refractivity contribution in [2.24, 2.45) is 0 Å². The van der Waals surface area contributed by atoms with Gasteiger partial charge in [-0.05, 0) is 65.7 Å². The van der Waals surface area contributed by atoms with E-state index in [9.17, 15) is 9.59 Å². The highest BCUT2D eigenvalue weighted by Crippen LogP contribution is 2.38. The Morgan fingerprint density at radius 1 is 1.09 bits per heavy atom. The summed E-state index contributed by atoms with van der Waals surface area (Å²) in [7, 11) is 0. The van der Waals surface area contributed by atoms with Gasteiger partial charge in [0.2, 0.25) is 5.91 Å². The summed E-state index contributed by atoms with van der Waals surface area (Å²) < 4.78 is 0. The van der Waals surface area contributed by atoms with Crippen LogP contribution in [0.5, 0.6) is 0 Å². The van der Waals surface area contributed by atoms with Crippen molar-refractivity contribution >= 4 is 46.4 Å². The molecule has 4 nitrogen and oxygen atoms in total. The van der Waals surface area contributed by atoms with Crippen molar-refractivity contribution in [3.63, 3.8) is 0 Å². The number of benzene rings is 2. The quantitative estimate of drug-likeness (QED) is 0.423. The lowest BCUT2D eigenvalue weighted by Gasteiger charge is -2.37. The molecular weight excluding hydrogens is 463 g/mol. The third kappa shape index (κ3) is 4.85. The van der Waals surface area contributed by atoms with Crippen LogP contribution in [0.3, 0.4) is 0 Å². The number of carbonyl (C=O) groups excluding carboxylic acids is 2. The van der Waals surface area contributed by atoms with Gasteiger partial charge in [-0.15, -0.1) is 11.3 Å². The normalized spacial score (nSPS) is 15.3. The van der Waals surface area contributed by atoms with E-state index in [1.807, 2.05) is 36.1 Å². The van der Waals surface area contributed by atoms with Crippen molar-refractivity contribution in [1.29, 1.82) is 0 Å². The van der Waals surface area contributed by atoms with Crippen LogP contribution in [0.1, 0.15) is 45.7 Å². The van der Waals surface area contributed by atoms with Crippen LogP contribution in [0.4, 0.5) is 0 Å². The summed E-state index contributed by atoms with van der Waals surface area (Å²) >= 11 is 13.9. The molecule has 0 radical (unpaired) electrons. The zero-order valence-electron chi connectivity index (χ0n) is 17.8. The maximum atomic E-state index is 13.6. The summed E-state index contributed by atoms with van der Waals surface area (Å²) in [5, 5.41) is 3.24. The summed E-state index contributed by atoms with van der Waals surface area (Å²) in [6.07, 6.45) is 1.58. The van der Waals surface area contributed by atoms with E-state index in [0.717, 1.165) is 24.0 Å². The Morgan fingerprint density at radius 3 is 2.59 bits per heavy atom. The molecule has 3 aromatic rings. The van der Waals surface area contributed by atoms with Gasteiger partial charge >= 0.3 is 0 Å². The van der Waals surface area contributed by atoms with Crippen LogP contribution in [0, 0.1) is 0 Å². The first-order valence-electron chi connectivity index (χ1n) is 10.6. The number of halogens is 2. The molecule has 0 N–H and O–H groups in total. The molecule has 0 fully saturated rings. The Labute approximate surface area is 202 Å². The van der Waals surface area contributed by atoms with E-state index in [4.69, 9.17) is 23.2 Å². The lowest BCUT2D eigenvalue weighted by molar-refractivity contribution is -0.134. The van der Waals surface area contributed by atoms with Gasteiger partial charge in [0.05, 0.1) is 6.04 Å². The van der Waals surface area contributed by atoms with E-state index in [1.165, 1.54) is 4.88 Å².